The van der Waals surface area contributed by atoms with E-state index < -0.39 is 5.54 Å². The van der Waals surface area contributed by atoms with Crippen LogP contribution in [0.25, 0.3) is 0 Å². The van der Waals surface area contributed by atoms with E-state index in [1.807, 2.05) is 32.0 Å². The normalized spacial score (nSPS) is 14.3. The van der Waals surface area contributed by atoms with E-state index in [1.165, 1.54) is 6.07 Å². The molecular weight excluding hydrogens is 227 g/mol. The summed E-state index contributed by atoms with van der Waals surface area (Å²) in [5.74, 6) is -0.232. The predicted octanol–water partition coefficient (Wildman–Crippen LogP) is 3.06. The molecule has 0 fully saturated rings. The lowest BCUT2D eigenvalue weighted by Gasteiger charge is -2.26. The van der Waals surface area contributed by atoms with Crippen molar-refractivity contribution in [3.8, 4) is 0 Å². The number of rotatable bonds is 2. The van der Waals surface area contributed by atoms with E-state index in [-0.39, 0.29) is 5.82 Å². The summed E-state index contributed by atoms with van der Waals surface area (Å²) in [7, 11) is 0. The number of aryl methyl sites for hydroxylation is 2. The van der Waals surface area contributed by atoms with E-state index in [2.05, 4.69) is 4.98 Å². The Kier molecular flexibility index (Phi) is 3.18. The summed E-state index contributed by atoms with van der Waals surface area (Å²) in [4.78, 5) is 4.24. The zero-order chi connectivity index (χ0) is 13.3. The molecule has 0 bridgehead atoms. The van der Waals surface area contributed by atoms with Gasteiger partial charge in [-0.2, -0.15) is 0 Å². The molecule has 3 heteroatoms. The van der Waals surface area contributed by atoms with Gasteiger partial charge >= 0.3 is 0 Å². The first kappa shape index (κ1) is 12.7. The maximum Gasteiger partial charge on any atom is 0.126 e. The first-order valence-electron chi connectivity index (χ1n) is 5.90. The van der Waals surface area contributed by atoms with Gasteiger partial charge in [-0.15, -0.1) is 0 Å². The fourth-order valence-electron chi connectivity index (χ4n) is 1.86. The topological polar surface area (TPSA) is 38.9 Å². The van der Waals surface area contributed by atoms with Gasteiger partial charge in [0.2, 0.25) is 0 Å². The van der Waals surface area contributed by atoms with Gasteiger partial charge in [-0.25, -0.2) is 4.39 Å². The minimum atomic E-state index is -0.741. The lowest BCUT2D eigenvalue weighted by Crippen LogP contribution is -2.34. The first-order chi connectivity index (χ1) is 8.41. The van der Waals surface area contributed by atoms with Crippen molar-refractivity contribution in [1.29, 1.82) is 0 Å². The second kappa shape index (κ2) is 4.50. The summed E-state index contributed by atoms with van der Waals surface area (Å²) < 4.78 is 13.6. The van der Waals surface area contributed by atoms with Crippen LogP contribution in [0.5, 0.6) is 0 Å². The van der Waals surface area contributed by atoms with E-state index in [0.717, 1.165) is 16.8 Å². The molecule has 0 aliphatic heterocycles. The van der Waals surface area contributed by atoms with Crippen LogP contribution >= 0.6 is 0 Å². The van der Waals surface area contributed by atoms with Gasteiger partial charge in [0.1, 0.15) is 5.82 Å². The molecule has 0 radical (unpaired) electrons. The summed E-state index contributed by atoms with van der Waals surface area (Å²) in [5, 5.41) is 0. The Balaban J connectivity index is 2.46. The summed E-state index contributed by atoms with van der Waals surface area (Å²) in [6.07, 6.45) is 1.74. The van der Waals surface area contributed by atoms with Crippen LogP contribution in [0, 0.1) is 19.7 Å². The number of nitrogens with zero attached hydrogens (tertiary/aromatic N) is 1. The molecule has 0 saturated heterocycles. The van der Waals surface area contributed by atoms with Crippen molar-refractivity contribution < 1.29 is 4.39 Å². The molecule has 2 rings (SSSR count). The molecule has 0 aliphatic carbocycles. The van der Waals surface area contributed by atoms with Gasteiger partial charge in [-0.3, -0.25) is 4.98 Å². The van der Waals surface area contributed by atoms with Gasteiger partial charge in [0.15, 0.2) is 0 Å². The van der Waals surface area contributed by atoms with Crippen molar-refractivity contribution in [3.05, 3.63) is 64.7 Å². The first-order valence-corrected chi connectivity index (χ1v) is 5.90. The molecule has 1 atom stereocenters. The van der Waals surface area contributed by atoms with E-state index >= 15 is 0 Å². The number of benzene rings is 1. The second-order valence-corrected chi connectivity index (χ2v) is 4.85. The van der Waals surface area contributed by atoms with Crippen molar-refractivity contribution in [1.82, 2.24) is 4.98 Å². The molecule has 2 nitrogen and oxygen atoms in total. The molecule has 0 amide bonds. The van der Waals surface area contributed by atoms with Crippen molar-refractivity contribution in [2.24, 2.45) is 5.73 Å². The van der Waals surface area contributed by atoms with Gasteiger partial charge in [0.25, 0.3) is 0 Å². The summed E-state index contributed by atoms with van der Waals surface area (Å²) >= 11 is 0. The van der Waals surface area contributed by atoms with Crippen molar-refractivity contribution in [2.75, 3.05) is 0 Å². The van der Waals surface area contributed by atoms with Crippen LogP contribution in [0.3, 0.4) is 0 Å². The van der Waals surface area contributed by atoms with Crippen LogP contribution in [0.15, 0.2) is 36.5 Å². The highest BCUT2D eigenvalue weighted by atomic mass is 19.1. The molecule has 1 heterocycles. The van der Waals surface area contributed by atoms with Gasteiger partial charge in [-0.05, 0) is 49.6 Å². The smallest absolute Gasteiger partial charge is 0.126 e. The fraction of sp³-hybridized carbons (Fsp3) is 0.267. The third-order valence-corrected chi connectivity index (χ3v) is 3.28. The van der Waals surface area contributed by atoms with Crippen LogP contribution in [0.1, 0.15) is 29.3 Å². The van der Waals surface area contributed by atoms with Crippen LogP contribution in [-0.2, 0) is 5.54 Å². The number of hydrogen-bond donors (Lipinski definition) is 1. The average molecular weight is 244 g/mol. The fourth-order valence-corrected chi connectivity index (χ4v) is 1.86. The summed E-state index contributed by atoms with van der Waals surface area (Å²) in [5.41, 5.74) is 8.76. The highest BCUT2D eigenvalue weighted by Gasteiger charge is 2.24. The Morgan fingerprint density at radius 1 is 1.11 bits per heavy atom. The Bertz CT molecular complexity index is 559. The van der Waals surface area contributed by atoms with Gasteiger partial charge < -0.3 is 5.73 Å². The van der Waals surface area contributed by atoms with E-state index in [4.69, 9.17) is 5.73 Å². The van der Waals surface area contributed by atoms with E-state index in [9.17, 15) is 4.39 Å². The largest absolute Gasteiger partial charge is 0.318 e. The zero-order valence-electron chi connectivity index (χ0n) is 10.9. The Morgan fingerprint density at radius 2 is 1.78 bits per heavy atom. The molecule has 0 aliphatic rings. The monoisotopic (exact) mass is 244 g/mol. The Labute approximate surface area is 107 Å². The van der Waals surface area contributed by atoms with E-state index in [0.29, 0.717) is 5.56 Å². The molecule has 0 saturated carbocycles. The Hall–Kier alpha value is -1.74. The second-order valence-electron chi connectivity index (χ2n) is 4.85. The zero-order valence-corrected chi connectivity index (χ0v) is 10.9. The molecule has 1 unspecified atom stereocenters. The number of pyridine rings is 1. The highest BCUT2D eigenvalue weighted by molar-refractivity contribution is 5.37. The van der Waals surface area contributed by atoms with Crippen LogP contribution < -0.4 is 5.73 Å². The molecule has 0 spiro atoms. The molecular formula is C15H17FN2. The molecule has 2 aromatic rings. The van der Waals surface area contributed by atoms with E-state index in [1.54, 1.807) is 19.2 Å². The Morgan fingerprint density at radius 3 is 2.33 bits per heavy atom. The van der Waals surface area contributed by atoms with Gasteiger partial charge in [0, 0.05) is 11.9 Å². The summed E-state index contributed by atoms with van der Waals surface area (Å²) in [6.45, 7) is 5.52. The quantitative estimate of drug-likeness (QED) is 0.881. The maximum atomic E-state index is 13.6. The SMILES string of the molecule is Cc1ccc(C(C)(N)c2ccc(C)c(F)c2)cn1. The van der Waals surface area contributed by atoms with Crippen LogP contribution in [0.4, 0.5) is 4.39 Å². The van der Waals surface area contributed by atoms with Crippen LogP contribution in [-0.4, -0.2) is 4.98 Å². The highest BCUT2D eigenvalue weighted by Crippen LogP contribution is 2.27. The molecule has 2 N–H and O–H groups in total. The maximum absolute atomic E-state index is 13.6. The van der Waals surface area contributed by atoms with Gasteiger partial charge in [-0.1, -0.05) is 18.2 Å². The van der Waals surface area contributed by atoms with Gasteiger partial charge in [0.05, 0.1) is 5.54 Å². The third kappa shape index (κ3) is 2.27. The number of aromatic nitrogens is 1. The molecule has 18 heavy (non-hydrogen) atoms. The number of nitrogens with two attached hydrogens (primary N) is 1. The molecule has 1 aromatic heterocycles. The minimum absolute atomic E-state index is 0.232. The molecule has 94 valence electrons. The van der Waals surface area contributed by atoms with Crippen molar-refractivity contribution in [2.45, 2.75) is 26.3 Å². The number of hydrogen-bond acceptors (Lipinski definition) is 2. The van der Waals surface area contributed by atoms with Crippen molar-refractivity contribution >= 4 is 0 Å². The van der Waals surface area contributed by atoms with Crippen molar-refractivity contribution in [3.63, 3.8) is 0 Å². The minimum Gasteiger partial charge on any atom is -0.318 e. The molecule has 1 aromatic carbocycles. The lowest BCUT2D eigenvalue weighted by atomic mass is 9.86. The standard InChI is InChI=1S/C15H17FN2/c1-10-4-6-12(8-14(10)16)15(3,17)13-7-5-11(2)18-9-13/h4-9H,17H2,1-3H3. The average Bonchev–Trinajstić information content (AvgIpc) is 2.33. The lowest BCUT2D eigenvalue weighted by molar-refractivity contribution is 0.576. The third-order valence-electron chi connectivity index (χ3n) is 3.28. The predicted molar refractivity (Wildman–Crippen MR) is 70.8 cm³/mol. The number of halogens is 1. The van der Waals surface area contributed by atoms with Crippen LogP contribution in [0.2, 0.25) is 0 Å². The summed E-state index contributed by atoms with van der Waals surface area (Å²) in [6, 6.07) is 8.94.